The molecule has 6 aliphatic rings. The Morgan fingerprint density at radius 2 is 1.47 bits per heavy atom. The number of nitrogens with zero attached hydrogens (tertiary/aromatic N) is 5. The van der Waals surface area contributed by atoms with Crippen LogP contribution < -0.4 is 20.3 Å². The van der Waals surface area contributed by atoms with Crippen molar-refractivity contribution in [2.45, 2.75) is 116 Å². The van der Waals surface area contributed by atoms with Crippen LogP contribution in [0.15, 0.2) is 129 Å². The zero-order valence-corrected chi connectivity index (χ0v) is 51.7. The molecule has 466 valence electrons. The second-order valence-electron chi connectivity index (χ2n) is 24.3. The number of carbonyl (C=O) groups excluding carboxylic acids is 5. The Labute approximate surface area is 518 Å². The van der Waals surface area contributed by atoms with Crippen LogP contribution in [0, 0.1) is 11.2 Å². The van der Waals surface area contributed by atoms with E-state index in [1.54, 1.807) is 12.1 Å². The van der Waals surface area contributed by atoms with Gasteiger partial charge < -0.3 is 10.2 Å². The number of likely N-dealkylation sites (tertiary alicyclic amines) is 1. The number of piperidine rings is 1. The van der Waals surface area contributed by atoms with Gasteiger partial charge in [0.15, 0.2) is 0 Å². The largest absolute Gasteiger partial charge is 0.501 e. The maximum Gasteiger partial charge on any atom is 0.501 e. The fourth-order valence-corrected chi connectivity index (χ4v) is 16.2. The lowest BCUT2D eigenvalue weighted by molar-refractivity contribution is -0.136. The fraction of sp³-hybridized carbons (Fsp3) is 0.413. The fourth-order valence-electron chi connectivity index (χ4n) is 13.1. The van der Waals surface area contributed by atoms with E-state index in [9.17, 15) is 54.0 Å². The highest BCUT2D eigenvalue weighted by Crippen LogP contribution is 2.44. The first kappa shape index (κ1) is 62.9. The third-order valence-corrected chi connectivity index (χ3v) is 22.0. The number of anilines is 2. The summed E-state index contributed by atoms with van der Waals surface area (Å²) in [4.78, 5) is 73.2. The maximum atomic E-state index is 15.8. The van der Waals surface area contributed by atoms with Crippen molar-refractivity contribution in [3.63, 3.8) is 0 Å². The van der Waals surface area contributed by atoms with Gasteiger partial charge in [-0.3, -0.25) is 48.9 Å². The number of fused-ring (bicyclic) bond motifs is 3. The summed E-state index contributed by atoms with van der Waals surface area (Å²) in [5.74, 6) is -4.39. The zero-order valence-electron chi connectivity index (χ0n) is 48.5. The Kier molecular flexibility index (Phi) is 18.1. The number of piperazine rings is 2. The van der Waals surface area contributed by atoms with Crippen LogP contribution in [0.3, 0.4) is 0 Å². The molecule has 0 spiro atoms. The van der Waals surface area contributed by atoms with Crippen LogP contribution in [0.2, 0.25) is 5.02 Å². The molecule has 4 fully saturated rings. The highest BCUT2D eigenvalue weighted by atomic mass is 35.5. The normalized spacial score (nSPS) is 21.6. The molecular formula is C63H67ClF4N8O9S3. The molecule has 5 aromatic rings. The van der Waals surface area contributed by atoms with Gasteiger partial charge in [0.05, 0.1) is 21.7 Å². The van der Waals surface area contributed by atoms with Crippen LogP contribution in [-0.2, 0) is 36.0 Å². The number of sulfonamides is 1. The first-order valence-electron chi connectivity index (χ1n) is 29.3. The first-order chi connectivity index (χ1) is 41.8. The molecule has 1 aliphatic carbocycles. The standard InChI is InChI=1S/C63H67ClF4N8O9S3/c1-62(2)24-22-50(39-8-12-43(64)13-9-39)42(33-62)35-72-26-28-74(29-27-72)45-14-10-40(11-15-45)58(78)71-88(84,85)49-18-19-54(56(31-49)87(82,83)63(66,67)68)69-44(38-86-48-6-4-3-5-7-48)23-25-75-46-16-17-47(75)37-73(36-46)34-41-30-51-52(32-53(41)65)61(81)76(60(51)80)55-20-21-57(77)70-59(55)79/h3-15,18-19,30-32,44,46-47,55,69H,16-17,20-29,33-38H2,1-2H3,(H,71,78)(H,70,77,79)/t44-,46?,47?,55?/m1/s1. The molecule has 17 nitrogen and oxygen atoms in total. The topological polar surface area (TPSA) is 206 Å². The second-order valence-corrected chi connectivity index (χ2v) is 29.4. The van der Waals surface area contributed by atoms with Crippen molar-refractivity contribution in [3.05, 3.63) is 153 Å². The number of alkyl halides is 3. The average molecular weight is 1290 g/mol. The predicted octanol–water partition coefficient (Wildman–Crippen LogP) is 9.39. The molecule has 2 bridgehead atoms. The summed E-state index contributed by atoms with van der Waals surface area (Å²) >= 11 is 7.60. The summed E-state index contributed by atoms with van der Waals surface area (Å²) in [7, 11) is -11.2. The van der Waals surface area contributed by atoms with Crippen molar-refractivity contribution in [2.24, 2.45) is 5.41 Å². The van der Waals surface area contributed by atoms with Crippen LogP contribution in [-0.4, -0.2) is 154 Å². The van der Waals surface area contributed by atoms with E-state index in [0.29, 0.717) is 50.2 Å². The van der Waals surface area contributed by atoms with Gasteiger partial charge in [0, 0.05) is 116 Å². The molecule has 0 aromatic heterocycles. The molecule has 11 rings (SSSR count). The van der Waals surface area contributed by atoms with Gasteiger partial charge in [-0.15, -0.1) is 11.8 Å². The van der Waals surface area contributed by atoms with E-state index in [0.717, 1.165) is 85.4 Å². The summed E-state index contributed by atoms with van der Waals surface area (Å²) in [5, 5.41) is 5.88. The third-order valence-electron chi connectivity index (χ3n) is 17.7. The molecule has 88 heavy (non-hydrogen) atoms. The van der Waals surface area contributed by atoms with E-state index in [1.165, 1.54) is 46.7 Å². The van der Waals surface area contributed by atoms with Gasteiger partial charge in [-0.2, -0.15) is 13.2 Å². The third kappa shape index (κ3) is 13.6. The highest BCUT2D eigenvalue weighted by Gasteiger charge is 2.49. The van der Waals surface area contributed by atoms with Gasteiger partial charge >= 0.3 is 5.51 Å². The van der Waals surface area contributed by atoms with Gasteiger partial charge in [0.1, 0.15) is 16.8 Å². The number of nitrogens with one attached hydrogen (secondary N) is 3. The van der Waals surface area contributed by atoms with Crippen LogP contribution >= 0.6 is 23.4 Å². The number of sulfone groups is 1. The molecule has 5 amide bonds. The molecule has 4 saturated heterocycles. The number of benzene rings is 5. The summed E-state index contributed by atoms with van der Waals surface area (Å²) < 4.78 is 116. The minimum atomic E-state index is -6.20. The molecule has 3 unspecified atom stereocenters. The average Bonchev–Trinajstić information content (AvgIpc) is 1.50. The summed E-state index contributed by atoms with van der Waals surface area (Å²) in [6.07, 6.45) is 4.81. The summed E-state index contributed by atoms with van der Waals surface area (Å²) in [6, 6.07) is 26.2. The Bertz CT molecular complexity index is 3800. The highest BCUT2D eigenvalue weighted by molar-refractivity contribution is 7.99. The van der Waals surface area contributed by atoms with Gasteiger partial charge in [-0.1, -0.05) is 61.4 Å². The summed E-state index contributed by atoms with van der Waals surface area (Å²) in [5.41, 5.74) is -1.41. The molecular weight excluding hydrogens is 1220 g/mol. The van der Waals surface area contributed by atoms with Crippen LogP contribution in [0.5, 0.6) is 0 Å². The van der Waals surface area contributed by atoms with Crippen LogP contribution in [0.1, 0.15) is 107 Å². The molecule has 4 atom stereocenters. The molecule has 0 saturated carbocycles. The monoisotopic (exact) mass is 1290 g/mol. The Hall–Kier alpha value is -6.67. The lowest BCUT2D eigenvalue weighted by Gasteiger charge is -2.41. The number of imide groups is 2. The second kappa shape index (κ2) is 25.3. The minimum Gasteiger partial charge on any atom is -0.380 e. The number of rotatable bonds is 19. The molecule has 3 N–H and O–H groups in total. The van der Waals surface area contributed by atoms with E-state index >= 15 is 4.39 Å². The van der Waals surface area contributed by atoms with E-state index in [4.69, 9.17) is 11.6 Å². The lowest BCUT2D eigenvalue weighted by Crippen LogP contribution is -2.54. The number of carbonyl (C=O) groups is 5. The Morgan fingerprint density at radius 1 is 0.795 bits per heavy atom. The molecule has 5 aliphatic heterocycles. The smallest absolute Gasteiger partial charge is 0.380 e. The minimum absolute atomic E-state index is 0.0374. The number of hydrogen-bond donors (Lipinski definition) is 3. The van der Waals surface area contributed by atoms with Crippen molar-refractivity contribution < 1.29 is 58.4 Å². The molecule has 0 radical (unpaired) electrons. The number of amides is 5. The van der Waals surface area contributed by atoms with Crippen LogP contribution in [0.25, 0.3) is 5.57 Å². The quantitative estimate of drug-likeness (QED) is 0.0400. The van der Waals surface area contributed by atoms with E-state index in [1.807, 2.05) is 52.1 Å². The molecule has 5 heterocycles. The molecule has 5 aromatic carbocycles. The van der Waals surface area contributed by atoms with Gasteiger partial charge in [0.2, 0.25) is 11.8 Å². The van der Waals surface area contributed by atoms with Gasteiger partial charge in [0.25, 0.3) is 37.6 Å². The maximum absolute atomic E-state index is 15.8. The Morgan fingerprint density at radius 3 is 2.12 bits per heavy atom. The SMILES string of the molecule is CC1(C)CCC(c2ccc(Cl)cc2)=C(CN2CCN(c3ccc(C(=O)NS(=O)(=O)c4ccc(N[C@H](CCN5C6CCC5CN(Cc5cc7c(cc5F)C(=O)N(C5CCC(=O)NC5=O)C7=O)C6)CSc5ccccc5)c(S(=O)(=O)C(F)(F)F)c4)cc3)CC2)C1. The van der Waals surface area contributed by atoms with Crippen molar-refractivity contribution in [1.29, 1.82) is 0 Å². The number of halogens is 5. The predicted molar refractivity (Wildman–Crippen MR) is 326 cm³/mol. The first-order valence-corrected chi connectivity index (χ1v) is 33.7. The van der Waals surface area contributed by atoms with Crippen molar-refractivity contribution in [2.75, 3.05) is 68.3 Å². The van der Waals surface area contributed by atoms with Crippen molar-refractivity contribution in [1.82, 2.24) is 29.6 Å². The van der Waals surface area contributed by atoms with Crippen molar-refractivity contribution >= 4 is 89.7 Å². The van der Waals surface area contributed by atoms with Crippen molar-refractivity contribution in [3.8, 4) is 0 Å². The van der Waals surface area contributed by atoms with E-state index in [-0.39, 0.29) is 64.9 Å². The van der Waals surface area contributed by atoms with Gasteiger partial charge in [-0.25, -0.2) is 25.9 Å². The number of hydrogen-bond acceptors (Lipinski definition) is 15. The zero-order chi connectivity index (χ0) is 62.5. The number of allylic oxidation sites excluding steroid dienone is 1. The lowest BCUT2D eigenvalue weighted by atomic mass is 9.73. The van der Waals surface area contributed by atoms with E-state index < -0.39 is 88.3 Å². The van der Waals surface area contributed by atoms with Crippen LogP contribution in [0.4, 0.5) is 28.9 Å². The van der Waals surface area contributed by atoms with E-state index in [2.05, 4.69) is 51.3 Å². The summed E-state index contributed by atoms with van der Waals surface area (Å²) in [6.45, 7) is 9.89. The number of thioether (sulfide) groups is 1. The van der Waals surface area contributed by atoms with Gasteiger partial charge in [-0.05, 0) is 140 Å². The molecule has 25 heteroatoms. The Balaban J connectivity index is 0.743.